The zero-order valence-electron chi connectivity index (χ0n) is 13.0. The highest BCUT2D eigenvalue weighted by Crippen LogP contribution is 2.22. The highest BCUT2D eigenvalue weighted by molar-refractivity contribution is 5.27. The van der Waals surface area contributed by atoms with Crippen molar-refractivity contribution < 1.29 is 4.74 Å². The molecule has 0 radical (unpaired) electrons. The predicted octanol–water partition coefficient (Wildman–Crippen LogP) is 3.54. The van der Waals surface area contributed by atoms with E-state index in [1.807, 2.05) is 0 Å². The van der Waals surface area contributed by atoms with Gasteiger partial charge in [0.25, 0.3) is 0 Å². The van der Waals surface area contributed by atoms with Gasteiger partial charge < -0.3 is 10.1 Å². The van der Waals surface area contributed by atoms with Crippen LogP contribution in [0.3, 0.4) is 0 Å². The summed E-state index contributed by atoms with van der Waals surface area (Å²) >= 11 is 0. The van der Waals surface area contributed by atoms with Crippen LogP contribution in [0.25, 0.3) is 0 Å². The Morgan fingerprint density at radius 3 is 2.26 bits per heavy atom. The molecule has 0 spiro atoms. The highest BCUT2D eigenvalue weighted by Gasteiger charge is 2.12. The van der Waals surface area contributed by atoms with Crippen LogP contribution in [0.15, 0.2) is 24.3 Å². The molecule has 0 aliphatic carbocycles. The molecule has 108 valence electrons. The van der Waals surface area contributed by atoms with Crippen molar-refractivity contribution in [3.05, 3.63) is 35.4 Å². The Hall–Kier alpha value is -0.860. The van der Waals surface area contributed by atoms with E-state index in [1.54, 1.807) is 0 Å². The van der Waals surface area contributed by atoms with Crippen LogP contribution in [0.1, 0.15) is 45.2 Å². The van der Waals surface area contributed by atoms with Gasteiger partial charge in [-0.05, 0) is 35.9 Å². The molecule has 0 saturated heterocycles. The summed E-state index contributed by atoms with van der Waals surface area (Å²) < 4.78 is 5.62. The average molecular weight is 263 g/mol. The van der Waals surface area contributed by atoms with Crippen molar-refractivity contribution >= 4 is 0 Å². The Kier molecular flexibility index (Phi) is 7.11. The van der Waals surface area contributed by atoms with Crippen LogP contribution in [-0.4, -0.2) is 26.3 Å². The highest BCUT2D eigenvalue weighted by atomic mass is 16.5. The zero-order valence-corrected chi connectivity index (χ0v) is 13.0. The van der Waals surface area contributed by atoms with Crippen LogP contribution in [-0.2, 0) is 16.6 Å². The molecule has 1 rings (SSSR count). The van der Waals surface area contributed by atoms with Crippen molar-refractivity contribution in [2.75, 3.05) is 26.3 Å². The standard InChI is InChI=1S/C17H29NO/c1-5-11-18-12-14-19-13-10-15-6-8-16(9-7-15)17(2,3)4/h6-9,18H,5,10-14H2,1-4H3. The molecule has 2 nitrogen and oxygen atoms in total. The third-order valence-corrected chi connectivity index (χ3v) is 3.20. The maximum atomic E-state index is 5.62. The summed E-state index contributed by atoms with van der Waals surface area (Å²) in [6.45, 7) is 12.6. The average Bonchev–Trinajstić information content (AvgIpc) is 2.37. The van der Waals surface area contributed by atoms with E-state index in [0.29, 0.717) is 0 Å². The monoisotopic (exact) mass is 263 g/mol. The van der Waals surface area contributed by atoms with Gasteiger partial charge in [0.05, 0.1) is 13.2 Å². The van der Waals surface area contributed by atoms with Gasteiger partial charge >= 0.3 is 0 Å². The first-order valence-corrected chi connectivity index (χ1v) is 7.42. The first-order chi connectivity index (χ1) is 9.04. The molecule has 0 unspecified atom stereocenters. The van der Waals surface area contributed by atoms with Crippen LogP contribution in [0.5, 0.6) is 0 Å². The normalized spacial score (nSPS) is 11.8. The summed E-state index contributed by atoms with van der Waals surface area (Å²) in [4.78, 5) is 0. The number of benzene rings is 1. The second kappa shape index (κ2) is 8.34. The summed E-state index contributed by atoms with van der Waals surface area (Å²) in [7, 11) is 0. The Balaban J connectivity index is 2.20. The maximum Gasteiger partial charge on any atom is 0.0591 e. The predicted molar refractivity (Wildman–Crippen MR) is 82.8 cm³/mol. The third-order valence-electron chi connectivity index (χ3n) is 3.20. The van der Waals surface area contributed by atoms with Crippen molar-refractivity contribution in [2.24, 2.45) is 0 Å². The van der Waals surface area contributed by atoms with E-state index in [-0.39, 0.29) is 5.41 Å². The van der Waals surface area contributed by atoms with Gasteiger partial charge in [-0.25, -0.2) is 0 Å². The molecular formula is C17H29NO. The molecule has 0 heterocycles. The molecule has 1 aromatic carbocycles. The lowest BCUT2D eigenvalue weighted by molar-refractivity contribution is 0.139. The van der Waals surface area contributed by atoms with Crippen LogP contribution in [0.2, 0.25) is 0 Å². The number of hydrogen-bond acceptors (Lipinski definition) is 2. The van der Waals surface area contributed by atoms with Gasteiger partial charge in [0.2, 0.25) is 0 Å². The zero-order chi connectivity index (χ0) is 14.1. The Bertz CT molecular complexity index is 337. The van der Waals surface area contributed by atoms with E-state index in [4.69, 9.17) is 4.74 Å². The summed E-state index contributed by atoms with van der Waals surface area (Å²) in [5.74, 6) is 0. The van der Waals surface area contributed by atoms with Gasteiger partial charge in [-0.2, -0.15) is 0 Å². The van der Waals surface area contributed by atoms with Gasteiger partial charge in [-0.3, -0.25) is 0 Å². The van der Waals surface area contributed by atoms with Crippen molar-refractivity contribution in [2.45, 2.75) is 46.0 Å². The van der Waals surface area contributed by atoms with E-state index >= 15 is 0 Å². The number of nitrogens with one attached hydrogen (secondary N) is 1. The molecule has 0 bridgehead atoms. The SMILES string of the molecule is CCCNCCOCCc1ccc(C(C)(C)C)cc1. The number of rotatable bonds is 8. The van der Waals surface area contributed by atoms with Crippen LogP contribution in [0, 0.1) is 0 Å². The molecule has 2 heteroatoms. The summed E-state index contributed by atoms with van der Waals surface area (Å²) in [6, 6.07) is 8.91. The summed E-state index contributed by atoms with van der Waals surface area (Å²) in [6.07, 6.45) is 2.18. The Labute approximate surface area is 118 Å². The molecule has 0 atom stereocenters. The van der Waals surface area contributed by atoms with Crippen LogP contribution in [0.4, 0.5) is 0 Å². The second-order valence-electron chi connectivity index (χ2n) is 6.06. The van der Waals surface area contributed by atoms with Gasteiger partial charge in [-0.1, -0.05) is 52.0 Å². The lowest BCUT2D eigenvalue weighted by Gasteiger charge is -2.19. The van der Waals surface area contributed by atoms with Crippen LogP contribution < -0.4 is 5.32 Å². The molecule has 0 saturated carbocycles. The summed E-state index contributed by atoms with van der Waals surface area (Å²) in [5.41, 5.74) is 2.98. The molecule has 0 fully saturated rings. The lowest BCUT2D eigenvalue weighted by Crippen LogP contribution is -2.20. The third kappa shape index (κ3) is 6.74. The molecule has 0 aliphatic rings. The Morgan fingerprint density at radius 1 is 1.00 bits per heavy atom. The van der Waals surface area contributed by atoms with E-state index in [2.05, 4.69) is 57.3 Å². The van der Waals surface area contributed by atoms with Gasteiger partial charge in [0, 0.05) is 6.54 Å². The first-order valence-electron chi connectivity index (χ1n) is 7.42. The molecule has 0 amide bonds. The summed E-state index contributed by atoms with van der Waals surface area (Å²) in [5, 5.41) is 3.33. The van der Waals surface area contributed by atoms with E-state index in [9.17, 15) is 0 Å². The maximum absolute atomic E-state index is 5.62. The topological polar surface area (TPSA) is 21.3 Å². The molecule has 1 aromatic rings. The minimum absolute atomic E-state index is 0.236. The molecule has 0 aliphatic heterocycles. The smallest absolute Gasteiger partial charge is 0.0591 e. The minimum Gasteiger partial charge on any atom is -0.380 e. The fourth-order valence-corrected chi connectivity index (χ4v) is 1.91. The Morgan fingerprint density at radius 2 is 1.68 bits per heavy atom. The molecule has 0 aromatic heterocycles. The van der Waals surface area contributed by atoms with E-state index in [0.717, 1.165) is 32.7 Å². The van der Waals surface area contributed by atoms with Gasteiger partial charge in [0.15, 0.2) is 0 Å². The quantitative estimate of drug-likeness (QED) is 0.724. The van der Waals surface area contributed by atoms with Crippen molar-refractivity contribution in [3.8, 4) is 0 Å². The fraction of sp³-hybridized carbons (Fsp3) is 0.647. The van der Waals surface area contributed by atoms with Crippen molar-refractivity contribution in [1.82, 2.24) is 5.32 Å². The van der Waals surface area contributed by atoms with Crippen LogP contribution >= 0.6 is 0 Å². The van der Waals surface area contributed by atoms with E-state index in [1.165, 1.54) is 17.5 Å². The number of hydrogen-bond donors (Lipinski definition) is 1. The van der Waals surface area contributed by atoms with Gasteiger partial charge in [0.1, 0.15) is 0 Å². The molecular weight excluding hydrogens is 234 g/mol. The molecule has 1 N–H and O–H groups in total. The number of ether oxygens (including phenoxy) is 1. The minimum atomic E-state index is 0.236. The largest absolute Gasteiger partial charge is 0.380 e. The lowest BCUT2D eigenvalue weighted by atomic mass is 9.86. The van der Waals surface area contributed by atoms with Crippen molar-refractivity contribution in [3.63, 3.8) is 0 Å². The first kappa shape index (κ1) is 16.2. The fourth-order valence-electron chi connectivity index (χ4n) is 1.91. The second-order valence-corrected chi connectivity index (χ2v) is 6.06. The van der Waals surface area contributed by atoms with Crippen molar-refractivity contribution in [1.29, 1.82) is 0 Å². The molecule has 19 heavy (non-hydrogen) atoms. The van der Waals surface area contributed by atoms with E-state index < -0.39 is 0 Å². The van der Waals surface area contributed by atoms with Gasteiger partial charge in [-0.15, -0.1) is 0 Å².